The monoisotopic (exact) mass is 549 g/mol. The Labute approximate surface area is 236 Å². The molecule has 200 valence electrons. The van der Waals surface area contributed by atoms with Gasteiger partial charge in [-0.15, -0.1) is 10.2 Å². The highest BCUT2D eigenvalue weighted by Gasteiger charge is 2.31. The Hall–Kier alpha value is -4.63. The van der Waals surface area contributed by atoms with Gasteiger partial charge >= 0.3 is 0 Å². The lowest BCUT2D eigenvalue weighted by atomic mass is 9.98. The van der Waals surface area contributed by atoms with E-state index in [0.29, 0.717) is 42.7 Å². The van der Waals surface area contributed by atoms with Crippen molar-refractivity contribution in [3.63, 3.8) is 0 Å². The highest BCUT2D eigenvalue weighted by molar-refractivity contribution is 7.14. The zero-order valence-electron chi connectivity index (χ0n) is 22.2. The second kappa shape index (κ2) is 11.2. The predicted octanol–water partition coefficient (Wildman–Crippen LogP) is 6.29. The molecule has 0 aliphatic carbocycles. The van der Waals surface area contributed by atoms with E-state index < -0.39 is 0 Å². The smallest absolute Gasteiger partial charge is 0.223 e. The van der Waals surface area contributed by atoms with E-state index in [-0.39, 0.29) is 11.8 Å². The summed E-state index contributed by atoms with van der Waals surface area (Å²) in [4.78, 5) is 23.8. The summed E-state index contributed by atoms with van der Waals surface area (Å²) in [6, 6.07) is 25.5. The maximum atomic E-state index is 13.0. The molecule has 1 atom stereocenters. The fourth-order valence-electron chi connectivity index (χ4n) is 4.80. The number of aryl methyl sites for hydroxylation is 1. The average molecular weight is 550 g/mol. The van der Waals surface area contributed by atoms with Crippen molar-refractivity contribution in [2.24, 2.45) is 0 Å². The second-order valence-corrected chi connectivity index (χ2v) is 10.8. The first-order valence-electron chi connectivity index (χ1n) is 13.0. The Morgan fingerprint density at radius 3 is 2.52 bits per heavy atom. The Morgan fingerprint density at radius 1 is 0.975 bits per heavy atom. The van der Waals surface area contributed by atoms with Crippen molar-refractivity contribution in [2.45, 2.75) is 25.8 Å². The summed E-state index contributed by atoms with van der Waals surface area (Å²) in [5, 5.41) is 10.1. The number of methoxy groups -OCH3 is 1. The molecule has 0 radical (unpaired) electrons. The minimum absolute atomic E-state index is 0.136. The molecular weight excluding hydrogens is 522 g/mol. The molecule has 40 heavy (non-hydrogen) atoms. The number of benzene rings is 3. The van der Waals surface area contributed by atoms with E-state index in [2.05, 4.69) is 32.3 Å². The standard InChI is InChI=1S/C31H27N5O3S/c1-20-34-35-31(40-20)22-10-12-26(13-11-22)39-27-16-23(30-32-15-14-28(33-30)38-2)8-9-24(27)18-36-19-25(17-29(36)37)21-6-4-3-5-7-21/h3-16,25H,17-19H2,1-2H3. The van der Waals surface area contributed by atoms with Gasteiger partial charge in [-0.05, 0) is 42.8 Å². The van der Waals surface area contributed by atoms with Crippen LogP contribution in [0.3, 0.4) is 0 Å². The van der Waals surface area contributed by atoms with Gasteiger partial charge in [0, 0.05) is 54.4 Å². The van der Waals surface area contributed by atoms with Gasteiger partial charge in [0.05, 0.1) is 7.11 Å². The summed E-state index contributed by atoms with van der Waals surface area (Å²) in [6.45, 7) is 3.05. The van der Waals surface area contributed by atoms with Gasteiger partial charge in [0.25, 0.3) is 0 Å². The fourth-order valence-corrected chi connectivity index (χ4v) is 5.50. The van der Waals surface area contributed by atoms with E-state index in [1.807, 2.05) is 72.5 Å². The van der Waals surface area contributed by atoms with E-state index in [1.165, 1.54) is 5.56 Å². The Bertz CT molecular complexity index is 1640. The van der Waals surface area contributed by atoms with Gasteiger partial charge in [-0.25, -0.2) is 4.98 Å². The first-order valence-corrected chi connectivity index (χ1v) is 13.8. The number of carbonyl (C=O) groups excluding carboxylic acids is 1. The second-order valence-electron chi connectivity index (χ2n) is 9.58. The lowest BCUT2D eigenvalue weighted by Gasteiger charge is -2.20. The van der Waals surface area contributed by atoms with E-state index in [0.717, 1.165) is 26.7 Å². The summed E-state index contributed by atoms with van der Waals surface area (Å²) in [5.74, 6) is 2.63. The third-order valence-corrected chi connectivity index (χ3v) is 7.75. The molecule has 1 saturated heterocycles. The molecule has 1 aliphatic rings. The lowest BCUT2D eigenvalue weighted by Crippen LogP contribution is -2.24. The maximum Gasteiger partial charge on any atom is 0.223 e. The first kappa shape index (κ1) is 25.6. The first-order chi connectivity index (χ1) is 19.6. The zero-order valence-corrected chi connectivity index (χ0v) is 23.0. The van der Waals surface area contributed by atoms with Gasteiger partial charge < -0.3 is 14.4 Å². The van der Waals surface area contributed by atoms with Crippen LogP contribution in [-0.4, -0.2) is 44.6 Å². The molecule has 8 nitrogen and oxygen atoms in total. The number of amides is 1. The van der Waals surface area contributed by atoms with Crippen molar-refractivity contribution in [3.05, 3.63) is 101 Å². The van der Waals surface area contributed by atoms with Crippen molar-refractivity contribution < 1.29 is 14.3 Å². The molecule has 2 aromatic heterocycles. The van der Waals surface area contributed by atoms with Crippen LogP contribution in [0, 0.1) is 6.92 Å². The van der Waals surface area contributed by atoms with Crippen molar-refractivity contribution in [1.29, 1.82) is 0 Å². The Kier molecular flexibility index (Phi) is 7.20. The lowest BCUT2D eigenvalue weighted by molar-refractivity contribution is -0.128. The van der Waals surface area contributed by atoms with Crippen molar-refractivity contribution >= 4 is 17.2 Å². The third kappa shape index (κ3) is 5.55. The number of nitrogens with zero attached hydrogens (tertiary/aromatic N) is 5. The summed E-state index contributed by atoms with van der Waals surface area (Å²) in [7, 11) is 1.58. The summed E-state index contributed by atoms with van der Waals surface area (Å²) in [6.07, 6.45) is 2.17. The fraction of sp³-hybridized carbons (Fsp3) is 0.194. The number of likely N-dealkylation sites (tertiary alicyclic amines) is 1. The average Bonchev–Trinajstić information content (AvgIpc) is 3.60. The van der Waals surface area contributed by atoms with Gasteiger partial charge in [-0.2, -0.15) is 4.98 Å². The summed E-state index contributed by atoms with van der Waals surface area (Å²) >= 11 is 1.55. The van der Waals surface area contributed by atoms with Crippen LogP contribution in [0.15, 0.2) is 85.1 Å². The van der Waals surface area contributed by atoms with Crippen molar-refractivity contribution in [3.8, 4) is 39.3 Å². The maximum absolute atomic E-state index is 13.0. The topological polar surface area (TPSA) is 90.3 Å². The minimum atomic E-state index is 0.136. The highest BCUT2D eigenvalue weighted by atomic mass is 32.1. The van der Waals surface area contributed by atoms with Crippen LogP contribution in [-0.2, 0) is 11.3 Å². The quantitative estimate of drug-likeness (QED) is 0.225. The minimum Gasteiger partial charge on any atom is -0.481 e. The van der Waals surface area contributed by atoms with Gasteiger partial charge in [0.2, 0.25) is 11.8 Å². The SMILES string of the molecule is COc1ccnc(-c2ccc(CN3CC(c4ccccc4)CC3=O)c(Oc3ccc(-c4nnc(C)s4)cc3)c2)n1. The predicted molar refractivity (Wildman–Crippen MR) is 153 cm³/mol. The number of ether oxygens (including phenoxy) is 2. The molecule has 0 spiro atoms. The van der Waals surface area contributed by atoms with Gasteiger partial charge in [0.1, 0.15) is 21.5 Å². The molecule has 5 aromatic rings. The van der Waals surface area contributed by atoms with Gasteiger partial charge in [-0.3, -0.25) is 4.79 Å². The summed E-state index contributed by atoms with van der Waals surface area (Å²) in [5.41, 5.74) is 3.85. The number of rotatable bonds is 8. The molecule has 1 fully saturated rings. The van der Waals surface area contributed by atoms with Crippen LogP contribution >= 0.6 is 11.3 Å². The highest BCUT2D eigenvalue weighted by Crippen LogP contribution is 2.35. The van der Waals surface area contributed by atoms with Crippen LogP contribution in [0.1, 0.15) is 28.5 Å². The van der Waals surface area contributed by atoms with Crippen LogP contribution in [0.5, 0.6) is 17.4 Å². The largest absolute Gasteiger partial charge is 0.481 e. The number of hydrogen-bond donors (Lipinski definition) is 0. The van der Waals surface area contributed by atoms with Crippen molar-refractivity contribution in [1.82, 2.24) is 25.1 Å². The normalized spacial score (nSPS) is 14.9. The Morgan fingerprint density at radius 2 is 1.77 bits per heavy atom. The molecule has 1 amide bonds. The van der Waals surface area contributed by atoms with Crippen molar-refractivity contribution in [2.75, 3.05) is 13.7 Å². The van der Waals surface area contributed by atoms with Crippen LogP contribution in [0.2, 0.25) is 0 Å². The molecule has 1 unspecified atom stereocenters. The molecule has 1 aliphatic heterocycles. The molecule has 6 rings (SSSR count). The molecular formula is C31H27N5O3S. The van der Waals surface area contributed by atoms with E-state index in [4.69, 9.17) is 9.47 Å². The van der Waals surface area contributed by atoms with Gasteiger partial charge in [0.15, 0.2) is 5.82 Å². The van der Waals surface area contributed by atoms with Gasteiger partial charge in [-0.1, -0.05) is 53.8 Å². The van der Waals surface area contributed by atoms with E-state index >= 15 is 0 Å². The van der Waals surface area contributed by atoms with Crippen LogP contribution in [0.4, 0.5) is 0 Å². The summed E-state index contributed by atoms with van der Waals surface area (Å²) < 4.78 is 11.7. The molecule has 3 aromatic carbocycles. The molecule has 3 heterocycles. The Balaban J connectivity index is 1.29. The van der Waals surface area contributed by atoms with Crippen LogP contribution < -0.4 is 9.47 Å². The third-order valence-electron chi connectivity index (χ3n) is 6.87. The van der Waals surface area contributed by atoms with E-state index in [1.54, 1.807) is 30.7 Å². The zero-order chi connectivity index (χ0) is 27.5. The molecule has 9 heteroatoms. The van der Waals surface area contributed by atoms with Crippen LogP contribution in [0.25, 0.3) is 22.0 Å². The van der Waals surface area contributed by atoms with E-state index in [9.17, 15) is 4.79 Å². The number of carbonyl (C=O) groups is 1. The number of hydrogen-bond acceptors (Lipinski definition) is 8. The number of aromatic nitrogens is 4. The molecule has 0 saturated carbocycles. The molecule has 0 bridgehead atoms. The molecule has 0 N–H and O–H groups in total.